The minimum Gasteiger partial charge on any atom is -0.376 e. The average Bonchev–Trinajstić information content (AvgIpc) is 3.10. The van der Waals surface area contributed by atoms with Gasteiger partial charge < -0.3 is 15.4 Å². The van der Waals surface area contributed by atoms with E-state index in [1.165, 1.54) is 31.4 Å². The standard InChI is InChI=1S/C31H24Cl2FN3O3/c1-40-28(20-13-16-23(32)24(33)17-20)26(18-11-14-21(34)15-12-18)30(38)37-29-31(39)35-25-10-6-5-9-22(25)27(36-29)19-7-3-2-4-8-19/h2-17,26,28-29H,1H3,(H,35,39)(H,37,38)/t26-,28+,29?/m1/s1. The zero-order valence-corrected chi connectivity index (χ0v) is 22.8. The lowest BCUT2D eigenvalue weighted by atomic mass is 9.88. The maximum atomic E-state index is 14.0. The molecule has 6 nitrogen and oxygen atoms in total. The van der Waals surface area contributed by atoms with Crippen LogP contribution in [-0.2, 0) is 14.3 Å². The molecular weight excluding hydrogens is 552 g/mol. The molecule has 0 saturated carbocycles. The number of nitrogens with zero attached hydrogens (tertiary/aromatic N) is 1. The molecule has 3 atom stereocenters. The molecule has 202 valence electrons. The average molecular weight is 576 g/mol. The monoisotopic (exact) mass is 575 g/mol. The fraction of sp³-hybridized carbons (Fsp3) is 0.129. The van der Waals surface area contributed by atoms with Crippen molar-refractivity contribution >= 4 is 46.4 Å². The molecule has 40 heavy (non-hydrogen) atoms. The lowest BCUT2D eigenvalue weighted by molar-refractivity contribution is -0.129. The van der Waals surface area contributed by atoms with Gasteiger partial charge in [0.1, 0.15) is 5.82 Å². The first-order valence-electron chi connectivity index (χ1n) is 12.4. The number of carbonyl (C=O) groups excluding carboxylic acids is 2. The number of rotatable bonds is 7. The van der Waals surface area contributed by atoms with Gasteiger partial charge in [-0.15, -0.1) is 0 Å². The summed E-state index contributed by atoms with van der Waals surface area (Å²) in [6.45, 7) is 0. The third kappa shape index (κ3) is 5.77. The topological polar surface area (TPSA) is 79.8 Å². The van der Waals surface area contributed by atoms with Crippen LogP contribution in [0.1, 0.15) is 34.3 Å². The second-order valence-electron chi connectivity index (χ2n) is 9.15. The summed E-state index contributed by atoms with van der Waals surface area (Å²) in [6, 6.07) is 27.2. The van der Waals surface area contributed by atoms with Gasteiger partial charge in [-0.05, 0) is 41.5 Å². The van der Waals surface area contributed by atoms with Gasteiger partial charge in [0.2, 0.25) is 12.1 Å². The number of fused-ring (bicyclic) bond motifs is 1. The summed E-state index contributed by atoms with van der Waals surface area (Å²) in [5.41, 5.74) is 3.68. The molecular formula is C31H24Cl2FN3O3. The van der Waals surface area contributed by atoms with Crippen molar-refractivity contribution in [2.75, 3.05) is 12.4 Å². The number of nitrogens with one attached hydrogen (secondary N) is 2. The Morgan fingerprint density at radius 2 is 1.60 bits per heavy atom. The van der Waals surface area contributed by atoms with E-state index in [0.717, 1.165) is 11.1 Å². The van der Waals surface area contributed by atoms with Gasteiger partial charge in [-0.2, -0.15) is 0 Å². The van der Waals surface area contributed by atoms with Crippen LogP contribution >= 0.6 is 23.2 Å². The second kappa shape index (κ2) is 12.0. The molecule has 0 aromatic heterocycles. The highest BCUT2D eigenvalue weighted by atomic mass is 35.5. The van der Waals surface area contributed by atoms with Crippen LogP contribution in [0.25, 0.3) is 0 Å². The summed E-state index contributed by atoms with van der Waals surface area (Å²) in [6.07, 6.45) is -2.10. The minimum absolute atomic E-state index is 0.289. The predicted octanol–water partition coefficient (Wildman–Crippen LogP) is 6.54. The van der Waals surface area contributed by atoms with Crippen molar-refractivity contribution < 1.29 is 18.7 Å². The number of amides is 2. The van der Waals surface area contributed by atoms with E-state index in [2.05, 4.69) is 10.6 Å². The molecule has 1 unspecified atom stereocenters. The third-order valence-electron chi connectivity index (χ3n) is 6.61. The number of benzodiazepines with no additional fused rings is 1. The fourth-order valence-electron chi connectivity index (χ4n) is 4.69. The van der Waals surface area contributed by atoms with Crippen molar-refractivity contribution in [3.63, 3.8) is 0 Å². The van der Waals surface area contributed by atoms with Crippen molar-refractivity contribution in [3.8, 4) is 0 Å². The molecule has 1 heterocycles. The molecule has 4 aromatic rings. The zero-order chi connectivity index (χ0) is 28.2. The van der Waals surface area contributed by atoms with E-state index in [9.17, 15) is 14.0 Å². The molecule has 0 spiro atoms. The number of para-hydroxylation sites is 1. The van der Waals surface area contributed by atoms with E-state index >= 15 is 0 Å². The van der Waals surface area contributed by atoms with Gasteiger partial charge in [0, 0.05) is 18.2 Å². The van der Waals surface area contributed by atoms with Gasteiger partial charge in [0.25, 0.3) is 5.91 Å². The van der Waals surface area contributed by atoms with Crippen LogP contribution in [0.2, 0.25) is 10.0 Å². The first-order chi connectivity index (χ1) is 19.4. The van der Waals surface area contributed by atoms with Gasteiger partial charge in [-0.25, -0.2) is 9.38 Å². The summed E-state index contributed by atoms with van der Waals surface area (Å²) in [4.78, 5) is 32.1. The summed E-state index contributed by atoms with van der Waals surface area (Å²) < 4.78 is 19.6. The highest BCUT2D eigenvalue weighted by molar-refractivity contribution is 6.42. The van der Waals surface area contributed by atoms with Crippen LogP contribution in [-0.4, -0.2) is 30.8 Å². The van der Waals surface area contributed by atoms with Crippen LogP contribution in [0.4, 0.5) is 10.1 Å². The summed E-state index contributed by atoms with van der Waals surface area (Å²) in [5, 5.41) is 6.30. The number of halogens is 3. The van der Waals surface area contributed by atoms with Crippen LogP contribution in [0, 0.1) is 5.82 Å². The SMILES string of the molecule is CO[C@@H](c1ccc(Cl)c(Cl)c1)[C@H](C(=O)NC1N=C(c2ccccc2)c2ccccc2NC1=O)c1ccc(F)cc1. The molecule has 0 radical (unpaired) electrons. The molecule has 1 aliphatic rings. The number of benzene rings is 4. The predicted molar refractivity (Wildman–Crippen MR) is 154 cm³/mol. The van der Waals surface area contributed by atoms with Gasteiger partial charge in [-0.1, -0.05) is 89.9 Å². The van der Waals surface area contributed by atoms with Gasteiger partial charge in [-0.3, -0.25) is 9.59 Å². The number of ether oxygens (including phenoxy) is 1. The van der Waals surface area contributed by atoms with Gasteiger partial charge in [0.05, 0.1) is 33.5 Å². The minimum atomic E-state index is -1.26. The Hall–Kier alpha value is -4.04. The van der Waals surface area contributed by atoms with Crippen LogP contribution in [0.3, 0.4) is 0 Å². The van der Waals surface area contributed by atoms with E-state index in [0.29, 0.717) is 27.5 Å². The molecule has 2 N–H and O–H groups in total. The Bertz CT molecular complexity index is 1580. The summed E-state index contributed by atoms with van der Waals surface area (Å²) in [7, 11) is 1.46. The number of carbonyl (C=O) groups is 2. The number of hydrogen-bond acceptors (Lipinski definition) is 4. The normalized spacial score (nSPS) is 16.1. The highest BCUT2D eigenvalue weighted by Gasteiger charge is 2.35. The molecule has 0 aliphatic carbocycles. The quantitative estimate of drug-likeness (QED) is 0.263. The lowest BCUT2D eigenvalue weighted by Crippen LogP contribution is -2.45. The number of aliphatic imine (C=N–C) groups is 1. The van der Waals surface area contributed by atoms with Crippen LogP contribution in [0.15, 0.2) is 102 Å². The Labute approximate surface area is 240 Å². The molecule has 1 aliphatic heterocycles. The molecule has 0 saturated heterocycles. The third-order valence-corrected chi connectivity index (χ3v) is 7.35. The molecule has 5 rings (SSSR count). The van der Waals surface area contributed by atoms with E-state index in [4.69, 9.17) is 32.9 Å². The van der Waals surface area contributed by atoms with Gasteiger partial charge >= 0.3 is 0 Å². The lowest BCUT2D eigenvalue weighted by Gasteiger charge is -2.27. The van der Waals surface area contributed by atoms with Crippen molar-refractivity contribution in [2.24, 2.45) is 4.99 Å². The maximum Gasteiger partial charge on any atom is 0.269 e. The maximum absolute atomic E-state index is 14.0. The largest absolute Gasteiger partial charge is 0.376 e. The zero-order valence-electron chi connectivity index (χ0n) is 21.3. The number of anilines is 1. The van der Waals surface area contributed by atoms with E-state index in [1.54, 1.807) is 24.3 Å². The number of hydrogen-bond donors (Lipinski definition) is 2. The molecule has 0 fully saturated rings. The number of methoxy groups -OCH3 is 1. The molecule has 4 aromatic carbocycles. The van der Waals surface area contributed by atoms with Crippen molar-refractivity contribution in [1.29, 1.82) is 0 Å². The Morgan fingerprint density at radius 1 is 0.925 bits per heavy atom. The first kappa shape index (κ1) is 27.5. The van der Waals surface area contributed by atoms with Gasteiger partial charge in [0.15, 0.2) is 0 Å². The van der Waals surface area contributed by atoms with Crippen LogP contribution in [0.5, 0.6) is 0 Å². The molecule has 0 bridgehead atoms. The Morgan fingerprint density at radius 3 is 2.30 bits per heavy atom. The van der Waals surface area contributed by atoms with E-state index < -0.39 is 35.8 Å². The summed E-state index contributed by atoms with van der Waals surface area (Å²) >= 11 is 12.4. The van der Waals surface area contributed by atoms with Crippen molar-refractivity contribution in [3.05, 3.63) is 135 Å². The van der Waals surface area contributed by atoms with Crippen molar-refractivity contribution in [2.45, 2.75) is 18.2 Å². The fourth-order valence-corrected chi connectivity index (χ4v) is 5.00. The Kier molecular flexibility index (Phi) is 8.26. The van der Waals surface area contributed by atoms with E-state index in [1.807, 2.05) is 48.5 Å². The van der Waals surface area contributed by atoms with E-state index in [-0.39, 0.29) is 5.02 Å². The van der Waals surface area contributed by atoms with Crippen LogP contribution < -0.4 is 10.6 Å². The molecule has 2 amide bonds. The summed E-state index contributed by atoms with van der Waals surface area (Å²) in [5.74, 6) is -2.50. The first-order valence-corrected chi connectivity index (χ1v) is 13.2. The molecule has 9 heteroatoms. The second-order valence-corrected chi connectivity index (χ2v) is 9.96. The van der Waals surface area contributed by atoms with Crippen molar-refractivity contribution in [1.82, 2.24) is 5.32 Å². The smallest absolute Gasteiger partial charge is 0.269 e. The Balaban J connectivity index is 1.55. The highest BCUT2D eigenvalue weighted by Crippen LogP contribution is 2.37.